The predicted molar refractivity (Wildman–Crippen MR) is 120 cm³/mol. The van der Waals surface area contributed by atoms with E-state index in [0.29, 0.717) is 6.54 Å². The van der Waals surface area contributed by atoms with Crippen LogP contribution in [0.2, 0.25) is 0 Å². The van der Waals surface area contributed by atoms with Gasteiger partial charge in [0, 0.05) is 17.5 Å². The van der Waals surface area contributed by atoms with Crippen LogP contribution in [0.25, 0.3) is 28.3 Å². The number of pyridine rings is 2. The highest BCUT2D eigenvalue weighted by Gasteiger charge is 2.16. The van der Waals surface area contributed by atoms with E-state index in [0.717, 1.165) is 58.3 Å². The van der Waals surface area contributed by atoms with Gasteiger partial charge in [-0.1, -0.05) is 18.2 Å². The van der Waals surface area contributed by atoms with Crippen LogP contribution in [0, 0.1) is 12.7 Å². The van der Waals surface area contributed by atoms with E-state index in [4.69, 9.17) is 4.98 Å². The third kappa shape index (κ3) is 4.26. The van der Waals surface area contributed by atoms with Crippen molar-refractivity contribution in [1.82, 2.24) is 34.9 Å². The van der Waals surface area contributed by atoms with E-state index in [-0.39, 0.29) is 5.82 Å². The van der Waals surface area contributed by atoms with Crippen molar-refractivity contribution in [3.63, 3.8) is 0 Å². The molecule has 0 radical (unpaired) electrons. The lowest BCUT2D eigenvalue weighted by atomic mass is 10.1. The summed E-state index contributed by atoms with van der Waals surface area (Å²) in [5, 5.41) is 7.65. The van der Waals surface area contributed by atoms with Gasteiger partial charge in [0.1, 0.15) is 23.7 Å². The minimum Gasteiger partial charge on any atom is -0.340 e. The molecule has 0 spiro atoms. The Morgan fingerprint density at radius 1 is 1.03 bits per heavy atom. The monoisotopic (exact) mass is 427 g/mol. The molecule has 0 unspecified atom stereocenters. The van der Waals surface area contributed by atoms with Gasteiger partial charge in [0.2, 0.25) is 0 Å². The van der Waals surface area contributed by atoms with E-state index in [1.807, 2.05) is 55.6 Å². The summed E-state index contributed by atoms with van der Waals surface area (Å²) in [4.78, 5) is 17.2. The molecule has 0 saturated heterocycles. The summed E-state index contributed by atoms with van der Waals surface area (Å²) in [6.07, 6.45) is 4.27. The molecule has 0 amide bonds. The van der Waals surface area contributed by atoms with E-state index in [1.54, 1.807) is 4.52 Å². The highest BCUT2D eigenvalue weighted by Crippen LogP contribution is 2.29. The maximum atomic E-state index is 13.1. The lowest BCUT2D eigenvalue weighted by Gasteiger charge is -2.04. The zero-order valence-corrected chi connectivity index (χ0v) is 17.6. The van der Waals surface area contributed by atoms with Crippen LogP contribution in [0.1, 0.15) is 17.1 Å². The molecule has 0 bridgehead atoms. The zero-order valence-electron chi connectivity index (χ0n) is 17.6. The van der Waals surface area contributed by atoms with Crippen molar-refractivity contribution in [2.75, 3.05) is 6.54 Å². The third-order valence-electron chi connectivity index (χ3n) is 5.24. The summed E-state index contributed by atoms with van der Waals surface area (Å²) >= 11 is 0. The zero-order chi connectivity index (χ0) is 21.9. The Kier molecular flexibility index (Phi) is 5.43. The van der Waals surface area contributed by atoms with Gasteiger partial charge in [-0.25, -0.2) is 18.9 Å². The van der Waals surface area contributed by atoms with Crippen molar-refractivity contribution in [2.24, 2.45) is 0 Å². The normalized spacial score (nSPS) is 11.3. The fourth-order valence-electron chi connectivity index (χ4n) is 3.63. The second-order valence-corrected chi connectivity index (χ2v) is 7.61. The Bertz CT molecular complexity index is 1350. The van der Waals surface area contributed by atoms with Gasteiger partial charge in [-0.2, -0.15) is 5.10 Å². The Hall–Kier alpha value is -3.91. The number of aromatic amines is 1. The number of benzene rings is 1. The van der Waals surface area contributed by atoms with Crippen molar-refractivity contribution < 1.29 is 4.39 Å². The predicted octanol–water partition coefficient (Wildman–Crippen LogP) is 3.96. The third-order valence-corrected chi connectivity index (χ3v) is 5.24. The lowest BCUT2D eigenvalue weighted by molar-refractivity contribution is 0.625. The Labute approximate surface area is 184 Å². The fourth-order valence-corrected chi connectivity index (χ4v) is 3.63. The van der Waals surface area contributed by atoms with E-state index in [2.05, 4.69) is 25.4 Å². The Morgan fingerprint density at radius 2 is 1.91 bits per heavy atom. The maximum Gasteiger partial charge on any atom is 0.155 e. The van der Waals surface area contributed by atoms with E-state index in [9.17, 15) is 4.39 Å². The molecule has 32 heavy (non-hydrogen) atoms. The van der Waals surface area contributed by atoms with Gasteiger partial charge >= 0.3 is 0 Å². The molecule has 5 aromatic rings. The molecule has 5 rings (SSSR count). The van der Waals surface area contributed by atoms with Gasteiger partial charge in [0.15, 0.2) is 5.65 Å². The van der Waals surface area contributed by atoms with Crippen molar-refractivity contribution in [3.8, 4) is 22.6 Å². The second-order valence-electron chi connectivity index (χ2n) is 7.61. The topological polar surface area (TPSA) is 83.8 Å². The van der Waals surface area contributed by atoms with Gasteiger partial charge in [-0.05, 0) is 61.9 Å². The van der Waals surface area contributed by atoms with Crippen LogP contribution < -0.4 is 5.32 Å². The SMILES string of the molecule is Cc1cccc(-c2nc(CNCCc3ccc(F)cc3)[nH]c2-c2ccc3ncnn3c2)n1. The molecule has 2 N–H and O–H groups in total. The molecular formula is C24H22FN7. The van der Waals surface area contributed by atoms with Crippen molar-refractivity contribution in [3.05, 3.63) is 90.0 Å². The largest absolute Gasteiger partial charge is 0.340 e. The molecule has 0 atom stereocenters. The molecule has 0 saturated carbocycles. The first-order valence-electron chi connectivity index (χ1n) is 10.4. The average Bonchev–Trinajstić information content (AvgIpc) is 3.44. The van der Waals surface area contributed by atoms with E-state index < -0.39 is 0 Å². The summed E-state index contributed by atoms with van der Waals surface area (Å²) in [6.45, 7) is 3.30. The van der Waals surface area contributed by atoms with Crippen LogP contribution in [-0.4, -0.2) is 36.1 Å². The van der Waals surface area contributed by atoms with Crippen LogP contribution in [0.5, 0.6) is 0 Å². The molecule has 7 nitrogen and oxygen atoms in total. The number of nitrogens with one attached hydrogen (secondary N) is 2. The van der Waals surface area contributed by atoms with Gasteiger partial charge in [-0.3, -0.25) is 4.98 Å². The van der Waals surface area contributed by atoms with E-state index >= 15 is 0 Å². The van der Waals surface area contributed by atoms with E-state index in [1.165, 1.54) is 18.5 Å². The molecule has 8 heteroatoms. The lowest BCUT2D eigenvalue weighted by Crippen LogP contribution is -2.17. The first-order valence-corrected chi connectivity index (χ1v) is 10.4. The summed E-state index contributed by atoms with van der Waals surface area (Å²) in [5.41, 5.74) is 6.25. The molecule has 0 aliphatic rings. The van der Waals surface area contributed by atoms with Crippen LogP contribution in [0.15, 0.2) is 67.1 Å². The molecular weight excluding hydrogens is 405 g/mol. The van der Waals surface area contributed by atoms with Gasteiger partial charge in [0.05, 0.1) is 17.9 Å². The van der Waals surface area contributed by atoms with Crippen molar-refractivity contribution in [1.29, 1.82) is 0 Å². The second kappa shape index (κ2) is 8.68. The summed E-state index contributed by atoms with van der Waals surface area (Å²) in [7, 11) is 0. The van der Waals surface area contributed by atoms with Crippen molar-refractivity contribution >= 4 is 5.65 Å². The summed E-state index contributed by atoms with van der Waals surface area (Å²) in [5.74, 6) is 0.599. The van der Waals surface area contributed by atoms with Crippen LogP contribution in [-0.2, 0) is 13.0 Å². The maximum absolute atomic E-state index is 13.1. The van der Waals surface area contributed by atoms with Gasteiger partial charge in [-0.15, -0.1) is 0 Å². The molecule has 0 aliphatic carbocycles. The number of fused-ring (bicyclic) bond motifs is 1. The standard InChI is InChI=1S/C24H22FN7/c1-16-3-2-4-20(29-16)24-23(18-7-10-22-27-15-28-32(22)14-18)30-21(31-24)13-26-12-11-17-5-8-19(25)9-6-17/h2-10,14-15,26H,11-13H2,1H3,(H,30,31). The summed E-state index contributed by atoms with van der Waals surface area (Å²) in [6, 6.07) is 16.4. The fraction of sp³-hybridized carbons (Fsp3) is 0.167. The molecule has 4 aromatic heterocycles. The number of imidazole rings is 1. The first kappa shape index (κ1) is 20.0. The number of aryl methyl sites for hydroxylation is 1. The number of H-pyrrole nitrogens is 1. The number of nitrogens with zero attached hydrogens (tertiary/aromatic N) is 5. The van der Waals surface area contributed by atoms with Crippen LogP contribution >= 0.6 is 0 Å². The number of hydrogen-bond acceptors (Lipinski definition) is 5. The number of rotatable bonds is 7. The Morgan fingerprint density at radius 3 is 2.75 bits per heavy atom. The highest BCUT2D eigenvalue weighted by atomic mass is 19.1. The van der Waals surface area contributed by atoms with Gasteiger partial charge < -0.3 is 10.3 Å². The smallest absolute Gasteiger partial charge is 0.155 e. The number of halogens is 1. The number of aromatic nitrogens is 6. The Balaban J connectivity index is 1.39. The quantitative estimate of drug-likeness (QED) is 0.384. The molecule has 0 fully saturated rings. The van der Waals surface area contributed by atoms with Crippen LogP contribution in [0.3, 0.4) is 0 Å². The first-order chi connectivity index (χ1) is 15.7. The summed E-state index contributed by atoms with van der Waals surface area (Å²) < 4.78 is 14.8. The van der Waals surface area contributed by atoms with Crippen molar-refractivity contribution in [2.45, 2.75) is 19.9 Å². The highest BCUT2D eigenvalue weighted by molar-refractivity contribution is 5.77. The number of hydrogen-bond donors (Lipinski definition) is 2. The van der Waals surface area contributed by atoms with Gasteiger partial charge in [0.25, 0.3) is 0 Å². The molecule has 160 valence electrons. The molecule has 0 aliphatic heterocycles. The average molecular weight is 427 g/mol. The van der Waals surface area contributed by atoms with Crippen LogP contribution in [0.4, 0.5) is 4.39 Å². The minimum absolute atomic E-state index is 0.216. The minimum atomic E-state index is -0.216. The molecule has 1 aromatic carbocycles. The molecule has 4 heterocycles.